The molecule has 0 unspecified atom stereocenters. The predicted molar refractivity (Wildman–Crippen MR) is 157 cm³/mol. The molecule has 4 nitrogen and oxygen atoms in total. The van der Waals surface area contributed by atoms with Crippen LogP contribution in [0.4, 0.5) is 0 Å². The Kier molecular flexibility index (Phi) is 10.7. The van der Waals surface area contributed by atoms with Crippen LogP contribution in [0.5, 0.6) is 0 Å². The van der Waals surface area contributed by atoms with Crippen molar-refractivity contribution in [2.45, 2.75) is 96.7 Å². The fourth-order valence-electron chi connectivity index (χ4n) is 4.61. The van der Waals surface area contributed by atoms with Gasteiger partial charge in [0.05, 0.1) is 12.2 Å². The Balaban J connectivity index is 2.41. The first kappa shape index (κ1) is 30.9. The van der Waals surface area contributed by atoms with Gasteiger partial charge in [0.1, 0.15) is 0 Å². The second-order valence-corrected chi connectivity index (χ2v) is 21.9. The molecular formula is C30H50O4Si2. The summed E-state index contributed by atoms with van der Waals surface area (Å²) in [5, 5.41) is 23.2. The van der Waals surface area contributed by atoms with E-state index < -0.39 is 22.7 Å². The molecule has 0 aliphatic rings. The van der Waals surface area contributed by atoms with Crippen LogP contribution in [0.25, 0.3) is 0 Å². The molecule has 2 N–H and O–H groups in total. The third-order valence-corrected chi connectivity index (χ3v) is 17.3. The van der Waals surface area contributed by atoms with E-state index in [0.29, 0.717) is 19.4 Å². The van der Waals surface area contributed by atoms with Crippen LogP contribution in [-0.4, -0.2) is 52.3 Å². The fraction of sp³-hybridized carbons (Fsp3) is 0.600. The Morgan fingerprint density at radius 1 is 0.806 bits per heavy atom. The molecule has 2 aromatic rings. The number of aliphatic hydroxyl groups is 2. The Morgan fingerprint density at radius 3 is 1.67 bits per heavy atom. The molecular weight excluding hydrogens is 480 g/mol. The van der Waals surface area contributed by atoms with Gasteiger partial charge in [-0.3, -0.25) is 0 Å². The quantitative estimate of drug-likeness (QED) is 0.345. The molecule has 3 atom stereocenters. The van der Waals surface area contributed by atoms with Gasteiger partial charge < -0.3 is 19.1 Å². The first-order valence-corrected chi connectivity index (χ1v) is 18.2. The maximum Gasteiger partial charge on any atom is 0.261 e. The van der Waals surface area contributed by atoms with E-state index in [0.717, 1.165) is 0 Å². The third-order valence-electron chi connectivity index (χ3n) is 7.77. The van der Waals surface area contributed by atoms with E-state index in [-0.39, 0.29) is 28.7 Å². The zero-order chi connectivity index (χ0) is 27.2. The number of rotatable bonds is 12. The van der Waals surface area contributed by atoms with Crippen LogP contribution in [0.1, 0.15) is 61.3 Å². The highest BCUT2D eigenvalue weighted by Crippen LogP contribution is 2.39. The molecule has 0 radical (unpaired) electrons. The third kappa shape index (κ3) is 7.39. The molecule has 0 heterocycles. The van der Waals surface area contributed by atoms with Crippen molar-refractivity contribution in [3.63, 3.8) is 0 Å². The highest BCUT2D eigenvalue weighted by atomic mass is 28.4. The summed E-state index contributed by atoms with van der Waals surface area (Å²) in [4.78, 5) is 0. The monoisotopic (exact) mass is 530 g/mol. The average Bonchev–Trinajstić information content (AvgIpc) is 2.80. The minimum Gasteiger partial charge on any atom is -0.411 e. The Labute approximate surface area is 222 Å². The SMILES string of the molecule is C[C@@H](CO)C[C@H](O)[C@H](CCO[Si](c1ccccc1)(c1ccccc1)C(C)(C)C)O[Si](C)(C)C(C)(C)C. The number of benzene rings is 2. The Bertz CT molecular complexity index is 865. The number of aliphatic hydroxyl groups excluding tert-OH is 2. The maximum atomic E-state index is 11.2. The maximum absolute atomic E-state index is 11.2. The van der Waals surface area contributed by atoms with Gasteiger partial charge in [-0.25, -0.2) is 0 Å². The van der Waals surface area contributed by atoms with E-state index in [9.17, 15) is 10.2 Å². The smallest absolute Gasteiger partial charge is 0.261 e. The zero-order valence-corrected chi connectivity index (χ0v) is 26.0. The second-order valence-electron chi connectivity index (χ2n) is 12.8. The van der Waals surface area contributed by atoms with Gasteiger partial charge in [-0.2, -0.15) is 0 Å². The van der Waals surface area contributed by atoms with Crippen molar-refractivity contribution >= 4 is 27.0 Å². The fourth-order valence-corrected chi connectivity index (χ4v) is 10.6. The molecule has 0 fully saturated rings. The molecule has 0 bridgehead atoms. The van der Waals surface area contributed by atoms with Crippen molar-refractivity contribution in [2.24, 2.45) is 5.92 Å². The summed E-state index contributed by atoms with van der Waals surface area (Å²) < 4.78 is 13.9. The molecule has 0 saturated heterocycles. The van der Waals surface area contributed by atoms with Crippen molar-refractivity contribution in [3.8, 4) is 0 Å². The summed E-state index contributed by atoms with van der Waals surface area (Å²) in [6.07, 6.45) is 0.132. The van der Waals surface area contributed by atoms with Crippen molar-refractivity contribution in [1.29, 1.82) is 0 Å². The lowest BCUT2D eigenvalue weighted by molar-refractivity contribution is -0.00202. The highest BCUT2D eigenvalue weighted by molar-refractivity contribution is 6.99. The molecule has 6 heteroatoms. The minimum absolute atomic E-state index is 0.0168. The molecule has 0 aliphatic carbocycles. The molecule has 0 aliphatic heterocycles. The molecule has 2 aromatic carbocycles. The van der Waals surface area contributed by atoms with E-state index in [1.807, 2.05) is 6.92 Å². The standard InChI is InChI=1S/C30H50O4Si2/c1-24(23-31)22-27(32)28(34-35(8,9)29(2,3)4)20-21-33-36(30(5,6)7,25-16-12-10-13-17-25)26-18-14-11-15-19-26/h10-19,24,27-28,31-32H,20-23H2,1-9H3/t24-,27+,28+/m1/s1. The van der Waals surface area contributed by atoms with Gasteiger partial charge in [0, 0.05) is 13.2 Å². The van der Waals surface area contributed by atoms with Gasteiger partial charge in [-0.15, -0.1) is 0 Å². The predicted octanol–water partition coefficient (Wildman–Crippen LogP) is 5.72. The van der Waals surface area contributed by atoms with Crippen molar-refractivity contribution in [1.82, 2.24) is 0 Å². The van der Waals surface area contributed by atoms with Gasteiger partial charge >= 0.3 is 0 Å². The second kappa shape index (κ2) is 12.5. The van der Waals surface area contributed by atoms with Gasteiger partial charge in [0.15, 0.2) is 8.32 Å². The van der Waals surface area contributed by atoms with Gasteiger partial charge in [-0.05, 0) is 52.3 Å². The molecule has 36 heavy (non-hydrogen) atoms. The first-order valence-electron chi connectivity index (χ1n) is 13.4. The van der Waals surface area contributed by atoms with E-state index in [1.54, 1.807) is 0 Å². The molecule has 0 aromatic heterocycles. The lowest BCUT2D eigenvalue weighted by Crippen LogP contribution is -2.66. The van der Waals surface area contributed by atoms with E-state index in [2.05, 4.69) is 115 Å². The lowest BCUT2D eigenvalue weighted by atomic mass is 9.99. The summed E-state index contributed by atoms with van der Waals surface area (Å²) in [7, 11) is -4.77. The Hall–Kier alpha value is -1.29. The summed E-state index contributed by atoms with van der Waals surface area (Å²) in [6.45, 7) is 20.5. The van der Waals surface area contributed by atoms with Crippen molar-refractivity contribution < 1.29 is 19.1 Å². The summed E-state index contributed by atoms with van der Waals surface area (Å²) in [5.41, 5.74) is 0. The van der Waals surface area contributed by atoms with E-state index >= 15 is 0 Å². The minimum atomic E-state index is -2.65. The topological polar surface area (TPSA) is 58.9 Å². The first-order chi connectivity index (χ1) is 16.7. The van der Waals surface area contributed by atoms with Gasteiger partial charge in [-0.1, -0.05) is 109 Å². The van der Waals surface area contributed by atoms with Crippen LogP contribution >= 0.6 is 0 Å². The molecule has 0 amide bonds. The van der Waals surface area contributed by atoms with Crippen LogP contribution < -0.4 is 10.4 Å². The summed E-state index contributed by atoms with van der Waals surface area (Å²) in [6, 6.07) is 21.3. The lowest BCUT2D eigenvalue weighted by Gasteiger charge is -2.44. The van der Waals surface area contributed by atoms with Crippen molar-refractivity contribution in [3.05, 3.63) is 60.7 Å². The van der Waals surface area contributed by atoms with E-state index in [4.69, 9.17) is 8.85 Å². The zero-order valence-electron chi connectivity index (χ0n) is 24.0. The van der Waals surface area contributed by atoms with Crippen LogP contribution in [0.2, 0.25) is 23.2 Å². The normalized spacial score (nSPS) is 16.0. The molecule has 0 spiro atoms. The van der Waals surface area contributed by atoms with E-state index in [1.165, 1.54) is 10.4 Å². The summed E-state index contributed by atoms with van der Waals surface area (Å²) >= 11 is 0. The van der Waals surface area contributed by atoms with Gasteiger partial charge in [0.2, 0.25) is 0 Å². The Morgan fingerprint density at radius 2 is 1.28 bits per heavy atom. The van der Waals surface area contributed by atoms with Crippen LogP contribution in [-0.2, 0) is 8.85 Å². The molecule has 202 valence electrons. The number of hydrogen-bond acceptors (Lipinski definition) is 4. The summed E-state index contributed by atoms with van der Waals surface area (Å²) in [5.74, 6) is 0.0168. The number of hydrogen-bond donors (Lipinski definition) is 2. The largest absolute Gasteiger partial charge is 0.411 e. The average molecular weight is 531 g/mol. The van der Waals surface area contributed by atoms with Crippen LogP contribution in [0.3, 0.4) is 0 Å². The van der Waals surface area contributed by atoms with Crippen LogP contribution in [0.15, 0.2) is 60.7 Å². The van der Waals surface area contributed by atoms with Crippen molar-refractivity contribution in [2.75, 3.05) is 13.2 Å². The molecule has 0 saturated carbocycles. The van der Waals surface area contributed by atoms with Gasteiger partial charge in [0.25, 0.3) is 8.32 Å². The van der Waals surface area contributed by atoms with Crippen LogP contribution in [0, 0.1) is 5.92 Å². The molecule has 2 rings (SSSR count). The highest BCUT2D eigenvalue weighted by Gasteiger charge is 2.50.